The molecule has 0 fully saturated rings. The molecule has 0 radical (unpaired) electrons. The van der Waals surface area contributed by atoms with E-state index in [2.05, 4.69) is 15.4 Å². The van der Waals surface area contributed by atoms with E-state index < -0.39 is 0 Å². The summed E-state index contributed by atoms with van der Waals surface area (Å²) >= 11 is 1.38. The van der Waals surface area contributed by atoms with Crippen molar-refractivity contribution in [3.63, 3.8) is 0 Å². The molecule has 4 rings (SSSR count). The van der Waals surface area contributed by atoms with Gasteiger partial charge in [-0.15, -0.1) is 16.4 Å². The van der Waals surface area contributed by atoms with Crippen LogP contribution in [0.25, 0.3) is 16.8 Å². The Balaban J connectivity index is 1.48. The molecular formula is C20H19N5O3S. The van der Waals surface area contributed by atoms with Crippen molar-refractivity contribution >= 4 is 28.8 Å². The summed E-state index contributed by atoms with van der Waals surface area (Å²) in [5.41, 5.74) is 9.05. The largest absolute Gasteiger partial charge is 0.497 e. The Bertz CT molecular complexity index is 1160. The standard InChI is InChI=1S/C20H19N5O3S/c1-27-15-5-12(6-16(8-15)28-2)9-22-19(26)17-7-14(11-29-17)13-3-4-18-23-20(21)24-25(18)10-13/h3-8,10-11H,9H2,1-2H3,(H2,21,24)(H,22,26). The van der Waals surface area contributed by atoms with Gasteiger partial charge in [-0.2, -0.15) is 4.98 Å². The number of rotatable bonds is 6. The van der Waals surface area contributed by atoms with Crippen molar-refractivity contribution < 1.29 is 14.3 Å². The Morgan fingerprint density at radius 3 is 2.62 bits per heavy atom. The molecule has 3 heterocycles. The van der Waals surface area contributed by atoms with Crippen LogP contribution >= 0.6 is 11.3 Å². The lowest BCUT2D eigenvalue weighted by Gasteiger charge is -2.09. The van der Waals surface area contributed by atoms with Crippen molar-refractivity contribution in [2.45, 2.75) is 6.54 Å². The average molecular weight is 409 g/mol. The van der Waals surface area contributed by atoms with E-state index >= 15 is 0 Å². The predicted molar refractivity (Wildman–Crippen MR) is 111 cm³/mol. The van der Waals surface area contributed by atoms with E-state index in [9.17, 15) is 4.79 Å². The molecule has 0 spiro atoms. The van der Waals surface area contributed by atoms with Crippen LogP contribution in [0.2, 0.25) is 0 Å². The molecule has 8 nitrogen and oxygen atoms in total. The van der Waals surface area contributed by atoms with Crippen LogP contribution in [-0.4, -0.2) is 34.7 Å². The number of nitrogen functional groups attached to an aromatic ring is 1. The van der Waals surface area contributed by atoms with E-state index in [1.807, 2.05) is 41.9 Å². The van der Waals surface area contributed by atoms with Crippen LogP contribution in [0.15, 0.2) is 48.0 Å². The van der Waals surface area contributed by atoms with Crippen molar-refractivity contribution in [2.24, 2.45) is 0 Å². The normalized spacial score (nSPS) is 10.8. The van der Waals surface area contributed by atoms with Crippen molar-refractivity contribution in [3.8, 4) is 22.6 Å². The molecule has 0 saturated carbocycles. The molecule has 3 aromatic heterocycles. The maximum Gasteiger partial charge on any atom is 0.261 e. The average Bonchev–Trinajstić information content (AvgIpc) is 3.37. The summed E-state index contributed by atoms with van der Waals surface area (Å²) in [5.74, 6) is 1.43. The zero-order valence-corrected chi connectivity index (χ0v) is 16.7. The zero-order chi connectivity index (χ0) is 20.4. The smallest absolute Gasteiger partial charge is 0.261 e. The number of ether oxygens (including phenoxy) is 2. The Morgan fingerprint density at radius 1 is 1.14 bits per heavy atom. The topological polar surface area (TPSA) is 104 Å². The van der Waals surface area contributed by atoms with Gasteiger partial charge < -0.3 is 20.5 Å². The fraction of sp³-hybridized carbons (Fsp3) is 0.150. The molecule has 0 saturated heterocycles. The number of aromatic nitrogens is 3. The summed E-state index contributed by atoms with van der Waals surface area (Å²) in [6, 6.07) is 11.1. The second-order valence-corrected chi connectivity index (χ2v) is 7.20. The number of pyridine rings is 1. The highest BCUT2D eigenvalue weighted by Crippen LogP contribution is 2.26. The lowest BCUT2D eigenvalue weighted by molar-refractivity contribution is 0.0955. The number of nitrogens with one attached hydrogen (secondary N) is 1. The van der Waals surface area contributed by atoms with Crippen molar-refractivity contribution in [1.82, 2.24) is 19.9 Å². The van der Waals surface area contributed by atoms with E-state index in [0.29, 0.717) is 28.6 Å². The van der Waals surface area contributed by atoms with Crippen LogP contribution in [0.4, 0.5) is 5.95 Å². The highest BCUT2D eigenvalue weighted by atomic mass is 32.1. The van der Waals surface area contributed by atoms with Gasteiger partial charge in [-0.1, -0.05) is 0 Å². The first-order valence-corrected chi connectivity index (χ1v) is 9.64. The highest BCUT2D eigenvalue weighted by molar-refractivity contribution is 7.12. The van der Waals surface area contributed by atoms with Gasteiger partial charge in [-0.05, 0) is 46.8 Å². The van der Waals surface area contributed by atoms with E-state index in [1.54, 1.807) is 24.8 Å². The van der Waals surface area contributed by atoms with E-state index in [0.717, 1.165) is 16.7 Å². The maximum absolute atomic E-state index is 12.6. The Labute approximate surface area is 170 Å². The fourth-order valence-corrected chi connectivity index (χ4v) is 3.75. The van der Waals surface area contributed by atoms with Crippen LogP contribution in [0.3, 0.4) is 0 Å². The number of nitrogens with two attached hydrogens (primary N) is 1. The van der Waals surface area contributed by atoms with Gasteiger partial charge in [-0.25, -0.2) is 4.52 Å². The first-order chi connectivity index (χ1) is 14.1. The Hall–Kier alpha value is -3.59. The predicted octanol–water partition coefficient (Wildman–Crippen LogP) is 2.99. The monoisotopic (exact) mass is 409 g/mol. The van der Waals surface area contributed by atoms with Crippen LogP contribution in [-0.2, 0) is 6.54 Å². The molecule has 0 aliphatic rings. The number of nitrogens with zero attached hydrogens (tertiary/aromatic N) is 3. The van der Waals surface area contributed by atoms with Gasteiger partial charge in [0.25, 0.3) is 5.91 Å². The molecule has 0 bridgehead atoms. The van der Waals surface area contributed by atoms with E-state index in [4.69, 9.17) is 15.2 Å². The molecule has 4 aromatic rings. The highest BCUT2D eigenvalue weighted by Gasteiger charge is 2.12. The van der Waals surface area contributed by atoms with Crippen LogP contribution in [0.5, 0.6) is 11.5 Å². The first kappa shape index (κ1) is 18.8. The Morgan fingerprint density at radius 2 is 1.90 bits per heavy atom. The lowest BCUT2D eigenvalue weighted by Crippen LogP contribution is -2.21. The number of carbonyl (C=O) groups is 1. The van der Waals surface area contributed by atoms with Gasteiger partial charge in [0, 0.05) is 24.4 Å². The van der Waals surface area contributed by atoms with Gasteiger partial charge in [0.1, 0.15) is 11.5 Å². The van der Waals surface area contributed by atoms with Crippen molar-refractivity contribution in [3.05, 3.63) is 58.4 Å². The second-order valence-electron chi connectivity index (χ2n) is 6.29. The molecule has 0 atom stereocenters. The number of benzene rings is 1. The molecule has 0 aliphatic heterocycles. The molecule has 0 unspecified atom stereocenters. The maximum atomic E-state index is 12.6. The summed E-state index contributed by atoms with van der Waals surface area (Å²) < 4.78 is 12.1. The number of carbonyl (C=O) groups excluding carboxylic acids is 1. The third-order valence-corrected chi connectivity index (χ3v) is 5.30. The molecule has 29 heavy (non-hydrogen) atoms. The third kappa shape index (κ3) is 3.99. The summed E-state index contributed by atoms with van der Waals surface area (Å²) in [6.45, 7) is 0.365. The quantitative estimate of drug-likeness (QED) is 0.507. The Kier molecular flexibility index (Phi) is 5.05. The summed E-state index contributed by atoms with van der Waals surface area (Å²) in [7, 11) is 3.19. The molecule has 1 aromatic carbocycles. The summed E-state index contributed by atoms with van der Waals surface area (Å²) in [5, 5.41) is 8.99. The second kappa shape index (κ2) is 7.80. The number of thiophene rings is 1. The van der Waals surface area contributed by atoms with Gasteiger partial charge in [-0.3, -0.25) is 4.79 Å². The van der Waals surface area contributed by atoms with Crippen LogP contribution in [0, 0.1) is 0 Å². The number of hydrogen-bond donors (Lipinski definition) is 2. The molecule has 9 heteroatoms. The summed E-state index contributed by atoms with van der Waals surface area (Å²) in [4.78, 5) is 17.3. The number of methoxy groups -OCH3 is 2. The zero-order valence-electron chi connectivity index (χ0n) is 15.9. The fourth-order valence-electron chi connectivity index (χ4n) is 2.92. The minimum absolute atomic E-state index is 0.144. The third-order valence-electron chi connectivity index (χ3n) is 4.37. The van der Waals surface area contributed by atoms with Crippen LogP contribution < -0.4 is 20.5 Å². The van der Waals surface area contributed by atoms with Gasteiger partial charge in [0.05, 0.1) is 19.1 Å². The first-order valence-electron chi connectivity index (χ1n) is 8.76. The van der Waals surface area contributed by atoms with E-state index in [1.165, 1.54) is 11.3 Å². The number of amides is 1. The van der Waals surface area contributed by atoms with Gasteiger partial charge >= 0.3 is 0 Å². The molecule has 1 amide bonds. The van der Waals surface area contributed by atoms with Gasteiger partial charge in [0.15, 0.2) is 5.65 Å². The molecule has 3 N–H and O–H groups in total. The molecule has 0 aliphatic carbocycles. The number of fused-ring (bicyclic) bond motifs is 1. The number of anilines is 1. The van der Waals surface area contributed by atoms with Crippen molar-refractivity contribution in [1.29, 1.82) is 0 Å². The minimum Gasteiger partial charge on any atom is -0.497 e. The van der Waals surface area contributed by atoms with Crippen molar-refractivity contribution in [2.75, 3.05) is 20.0 Å². The number of hydrogen-bond acceptors (Lipinski definition) is 7. The summed E-state index contributed by atoms with van der Waals surface area (Å²) in [6.07, 6.45) is 1.84. The van der Waals surface area contributed by atoms with Gasteiger partial charge in [0.2, 0.25) is 5.95 Å². The molecule has 148 valence electrons. The van der Waals surface area contributed by atoms with Crippen LogP contribution in [0.1, 0.15) is 15.2 Å². The molecular weight excluding hydrogens is 390 g/mol. The lowest BCUT2D eigenvalue weighted by atomic mass is 10.1. The SMILES string of the molecule is COc1cc(CNC(=O)c2cc(-c3ccc4nc(N)nn4c3)cs2)cc(OC)c1. The minimum atomic E-state index is -0.144. The van der Waals surface area contributed by atoms with E-state index in [-0.39, 0.29) is 11.9 Å².